The Morgan fingerprint density at radius 1 is 1.40 bits per heavy atom. The van der Waals surface area contributed by atoms with E-state index in [2.05, 4.69) is 13.8 Å². The van der Waals surface area contributed by atoms with Crippen molar-refractivity contribution in [2.24, 2.45) is 5.92 Å². The van der Waals surface area contributed by atoms with E-state index in [-0.39, 0.29) is 0 Å². The monoisotopic (exact) mass is 139 g/mol. The van der Waals surface area contributed by atoms with E-state index in [1.807, 2.05) is 0 Å². The third-order valence-electron chi connectivity index (χ3n) is 2.01. The summed E-state index contributed by atoms with van der Waals surface area (Å²) >= 11 is 0. The van der Waals surface area contributed by atoms with E-state index >= 15 is 0 Å². The molecule has 1 atom stereocenters. The Hall–Kier alpha value is -0.260. The second kappa shape index (κ2) is 6.85. The van der Waals surface area contributed by atoms with Crippen LogP contribution in [0.5, 0.6) is 0 Å². The Bertz CT molecular complexity index is 74.1. The van der Waals surface area contributed by atoms with E-state index in [4.69, 9.17) is 6.58 Å². The zero-order chi connectivity index (χ0) is 7.82. The number of allylic oxidation sites excluding steroid dienone is 1. The summed E-state index contributed by atoms with van der Waals surface area (Å²) in [5.74, 6) is 0.901. The van der Waals surface area contributed by atoms with Crippen LogP contribution in [-0.2, 0) is 0 Å². The Morgan fingerprint density at radius 3 is 2.60 bits per heavy atom. The fraction of sp³-hybridized carbons (Fsp3) is 0.800. The van der Waals surface area contributed by atoms with Crippen LogP contribution in [0.4, 0.5) is 0 Å². The van der Waals surface area contributed by atoms with Gasteiger partial charge in [-0.1, -0.05) is 45.8 Å². The lowest BCUT2D eigenvalue weighted by molar-refractivity contribution is 0.486. The van der Waals surface area contributed by atoms with Crippen molar-refractivity contribution in [1.82, 2.24) is 0 Å². The van der Waals surface area contributed by atoms with Crippen molar-refractivity contribution in [2.45, 2.75) is 46.0 Å². The number of unbranched alkanes of at least 4 members (excludes halogenated alkanes) is 2. The molecule has 0 aromatic carbocycles. The highest BCUT2D eigenvalue weighted by Gasteiger charge is 1.96. The average molecular weight is 139 g/mol. The number of rotatable bonds is 6. The lowest BCUT2D eigenvalue weighted by Gasteiger charge is -2.05. The van der Waals surface area contributed by atoms with E-state index in [9.17, 15) is 0 Å². The van der Waals surface area contributed by atoms with Crippen molar-refractivity contribution in [3.63, 3.8) is 0 Å². The summed E-state index contributed by atoms with van der Waals surface area (Å²) in [7, 11) is 0. The molecule has 1 unspecified atom stereocenters. The van der Waals surface area contributed by atoms with Gasteiger partial charge in [-0.05, 0) is 18.8 Å². The summed E-state index contributed by atoms with van der Waals surface area (Å²) in [4.78, 5) is 0. The highest BCUT2D eigenvalue weighted by Crippen LogP contribution is 2.11. The molecular formula is C10H19. The van der Waals surface area contributed by atoms with Crippen LogP contribution in [-0.4, -0.2) is 0 Å². The minimum Gasteiger partial charge on any atom is -0.0845 e. The van der Waals surface area contributed by atoms with Crippen LogP contribution in [0.25, 0.3) is 0 Å². The molecule has 0 spiro atoms. The number of hydrogen-bond donors (Lipinski definition) is 0. The number of hydrogen-bond acceptors (Lipinski definition) is 0. The lowest BCUT2D eigenvalue weighted by Crippen LogP contribution is -1.90. The summed E-state index contributed by atoms with van der Waals surface area (Å²) in [6.45, 7) is 9.81. The van der Waals surface area contributed by atoms with Gasteiger partial charge in [-0.3, -0.25) is 0 Å². The second-order valence-electron chi connectivity index (χ2n) is 3.03. The Labute approximate surface area is 65.3 Å². The van der Waals surface area contributed by atoms with E-state index in [1.165, 1.54) is 25.7 Å². The summed E-state index contributed by atoms with van der Waals surface area (Å²) < 4.78 is 0. The van der Waals surface area contributed by atoms with Crippen molar-refractivity contribution in [2.75, 3.05) is 0 Å². The molecule has 0 aliphatic rings. The molecule has 0 N–H and O–H groups in total. The van der Waals surface area contributed by atoms with Crippen LogP contribution in [0, 0.1) is 12.5 Å². The fourth-order valence-electron chi connectivity index (χ4n) is 0.959. The molecule has 0 aliphatic carbocycles. The van der Waals surface area contributed by atoms with Crippen LogP contribution in [0.1, 0.15) is 46.0 Å². The third kappa shape index (κ3) is 5.87. The zero-order valence-electron chi connectivity index (χ0n) is 7.27. The molecule has 0 heteroatoms. The van der Waals surface area contributed by atoms with E-state index in [0.29, 0.717) is 0 Å². The van der Waals surface area contributed by atoms with Gasteiger partial charge >= 0.3 is 0 Å². The maximum Gasteiger partial charge on any atom is -0.0348 e. The van der Waals surface area contributed by atoms with Crippen molar-refractivity contribution in [1.29, 1.82) is 0 Å². The molecular weight excluding hydrogens is 120 g/mol. The maximum atomic E-state index is 5.25. The van der Waals surface area contributed by atoms with Gasteiger partial charge in [0.1, 0.15) is 0 Å². The molecule has 0 saturated heterocycles. The minimum atomic E-state index is 0.901. The molecule has 0 amide bonds. The molecule has 0 saturated carbocycles. The first kappa shape index (κ1) is 9.74. The molecule has 10 heavy (non-hydrogen) atoms. The van der Waals surface area contributed by atoms with Crippen molar-refractivity contribution in [3.8, 4) is 0 Å². The van der Waals surface area contributed by atoms with Gasteiger partial charge < -0.3 is 0 Å². The quantitative estimate of drug-likeness (QED) is 0.493. The summed E-state index contributed by atoms with van der Waals surface area (Å²) in [6, 6.07) is 0. The summed E-state index contributed by atoms with van der Waals surface area (Å²) in [5.41, 5.74) is 0. The first-order valence-electron chi connectivity index (χ1n) is 4.34. The van der Waals surface area contributed by atoms with Crippen molar-refractivity contribution in [3.05, 3.63) is 12.7 Å². The van der Waals surface area contributed by atoms with Gasteiger partial charge in [0.15, 0.2) is 0 Å². The maximum absolute atomic E-state index is 5.25. The van der Waals surface area contributed by atoms with Gasteiger partial charge in [0.2, 0.25) is 0 Å². The summed E-state index contributed by atoms with van der Waals surface area (Å²) in [6.07, 6.45) is 8.12. The van der Waals surface area contributed by atoms with Gasteiger partial charge in [0, 0.05) is 0 Å². The third-order valence-corrected chi connectivity index (χ3v) is 2.01. The van der Waals surface area contributed by atoms with Crippen LogP contribution in [0.15, 0.2) is 6.08 Å². The molecule has 0 aromatic heterocycles. The van der Waals surface area contributed by atoms with Gasteiger partial charge in [0.05, 0.1) is 0 Å². The van der Waals surface area contributed by atoms with Crippen LogP contribution < -0.4 is 0 Å². The standard InChI is InChI=1S/C10H19/c1-4-6-7-8-9-10(3)5-2/h1,4,10H,5-9H2,2-3H3. The Morgan fingerprint density at radius 2 is 2.10 bits per heavy atom. The van der Waals surface area contributed by atoms with Crippen molar-refractivity contribution < 1.29 is 0 Å². The molecule has 0 rings (SSSR count). The van der Waals surface area contributed by atoms with E-state index in [1.54, 1.807) is 6.08 Å². The highest BCUT2D eigenvalue weighted by molar-refractivity contribution is 4.62. The highest BCUT2D eigenvalue weighted by atomic mass is 14.0. The molecule has 0 nitrogen and oxygen atoms in total. The Kier molecular flexibility index (Phi) is 6.68. The smallest absolute Gasteiger partial charge is 0.0348 e. The van der Waals surface area contributed by atoms with Crippen LogP contribution >= 0.6 is 0 Å². The zero-order valence-corrected chi connectivity index (χ0v) is 7.27. The Balaban J connectivity index is 2.95. The molecule has 0 fully saturated rings. The largest absolute Gasteiger partial charge is 0.0845 e. The topological polar surface area (TPSA) is 0 Å². The molecule has 1 radical (unpaired) electrons. The van der Waals surface area contributed by atoms with Crippen LogP contribution in [0.3, 0.4) is 0 Å². The average Bonchev–Trinajstić information content (AvgIpc) is 1.98. The lowest BCUT2D eigenvalue weighted by atomic mass is 10.0. The van der Waals surface area contributed by atoms with E-state index in [0.717, 1.165) is 12.3 Å². The minimum absolute atomic E-state index is 0.901. The van der Waals surface area contributed by atoms with E-state index < -0.39 is 0 Å². The van der Waals surface area contributed by atoms with Gasteiger partial charge in [-0.2, -0.15) is 0 Å². The van der Waals surface area contributed by atoms with Gasteiger partial charge in [-0.15, -0.1) is 0 Å². The second-order valence-corrected chi connectivity index (χ2v) is 3.03. The predicted octanol–water partition coefficient (Wildman–Crippen LogP) is 3.58. The van der Waals surface area contributed by atoms with Gasteiger partial charge in [-0.25, -0.2) is 0 Å². The normalized spacial score (nSPS) is 13.0. The fourth-order valence-corrected chi connectivity index (χ4v) is 0.959. The van der Waals surface area contributed by atoms with Crippen molar-refractivity contribution >= 4 is 0 Å². The molecule has 0 aliphatic heterocycles. The summed E-state index contributed by atoms with van der Waals surface area (Å²) in [5, 5.41) is 0. The SMILES string of the molecule is [CH]=CCCCCC(C)CC. The first-order chi connectivity index (χ1) is 4.81. The van der Waals surface area contributed by atoms with Crippen LogP contribution in [0.2, 0.25) is 0 Å². The first-order valence-corrected chi connectivity index (χ1v) is 4.34. The molecule has 0 heterocycles. The molecule has 0 bridgehead atoms. The van der Waals surface area contributed by atoms with Gasteiger partial charge in [0.25, 0.3) is 0 Å². The predicted molar refractivity (Wildman–Crippen MR) is 46.8 cm³/mol. The molecule has 0 aromatic rings. The molecule has 59 valence electrons.